The number of thiazole rings is 1. The van der Waals surface area contributed by atoms with Crippen molar-refractivity contribution in [3.05, 3.63) is 52.0 Å². The Labute approximate surface area is 175 Å². The number of carbonyl (C=O) groups is 2. The van der Waals surface area contributed by atoms with Crippen LogP contribution in [0.5, 0.6) is 0 Å². The molecule has 4 rings (SSSR count). The summed E-state index contributed by atoms with van der Waals surface area (Å²) >= 11 is 1.49. The minimum absolute atomic E-state index is 0.0605. The number of aromatic nitrogens is 1. The van der Waals surface area contributed by atoms with Crippen molar-refractivity contribution in [3.8, 4) is 0 Å². The highest BCUT2D eigenvalue weighted by molar-refractivity contribution is 7.09. The van der Waals surface area contributed by atoms with Gasteiger partial charge < -0.3 is 10.1 Å². The molecule has 0 bridgehead atoms. The van der Waals surface area contributed by atoms with Crippen LogP contribution < -0.4 is 5.32 Å². The number of aryl methyl sites for hydroxylation is 1. The van der Waals surface area contributed by atoms with E-state index in [-0.39, 0.29) is 35.7 Å². The van der Waals surface area contributed by atoms with Crippen molar-refractivity contribution in [1.29, 1.82) is 0 Å². The smallest absolute Gasteiger partial charge is 0.310 e. The molecule has 2 fully saturated rings. The molecule has 6 heteroatoms. The highest BCUT2D eigenvalue weighted by Crippen LogP contribution is 2.50. The third kappa shape index (κ3) is 4.08. The van der Waals surface area contributed by atoms with Gasteiger partial charge in [0.1, 0.15) is 11.3 Å². The summed E-state index contributed by atoms with van der Waals surface area (Å²) in [4.78, 5) is 29.5. The van der Waals surface area contributed by atoms with Crippen LogP contribution >= 0.6 is 11.3 Å². The molecule has 1 aromatic heterocycles. The van der Waals surface area contributed by atoms with Gasteiger partial charge in [0.2, 0.25) is 0 Å². The number of nitrogens with zero attached hydrogens (tertiary/aromatic N) is 1. The fraction of sp³-hybridized carbons (Fsp3) is 0.522. The Kier molecular flexibility index (Phi) is 5.47. The number of hydrogen-bond acceptors (Lipinski definition) is 5. The largest absolute Gasteiger partial charge is 0.459 e. The normalized spacial score (nSPS) is 28.7. The van der Waals surface area contributed by atoms with Gasteiger partial charge in [-0.25, -0.2) is 4.98 Å². The van der Waals surface area contributed by atoms with Gasteiger partial charge in [0.15, 0.2) is 0 Å². The van der Waals surface area contributed by atoms with E-state index < -0.39 is 5.60 Å². The van der Waals surface area contributed by atoms with Crippen molar-refractivity contribution in [2.75, 3.05) is 0 Å². The van der Waals surface area contributed by atoms with E-state index in [1.165, 1.54) is 16.9 Å². The van der Waals surface area contributed by atoms with Gasteiger partial charge in [-0.1, -0.05) is 30.3 Å². The molecule has 1 aromatic carbocycles. The van der Waals surface area contributed by atoms with Crippen molar-refractivity contribution in [1.82, 2.24) is 10.3 Å². The highest BCUT2D eigenvalue weighted by atomic mass is 32.1. The standard InChI is InChI=1S/C23H28N2O3S/c1-14-24-18(13-29-14)21(26)25-17-11-9-15(10-12-17)19-20(16-7-5-4-6-8-16)23(2,3)28-22(19)27/h4-8,13,15,17,19-20H,9-12H2,1-3H3,(H,25,26)/t15?,17?,19?,20-/m1/s1. The second-order valence-corrected chi connectivity index (χ2v) is 9.84. The number of nitrogens with one attached hydrogen (secondary N) is 1. The van der Waals surface area contributed by atoms with Crippen LogP contribution in [0.4, 0.5) is 0 Å². The van der Waals surface area contributed by atoms with Crippen LogP contribution in [0.3, 0.4) is 0 Å². The quantitative estimate of drug-likeness (QED) is 0.752. The second kappa shape index (κ2) is 7.90. The van der Waals surface area contributed by atoms with Crippen LogP contribution in [-0.2, 0) is 9.53 Å². The lowest BCUT2D eigenvalue weighted by Crippen LogP contribution is -2.40. The number of esters is 1. The Morgan fingerprint density at radius 1 is 1.17 bits per heavy atom. The maximum Gasteiger partial charge on any atom is 0.310 e. The van der Waals surface area contributed by atoms with Crippen molar-refractivity contribution < 1.29 is 14.3 Å². The summed E-state index contributed by atoms with van der Waals surface area (Å²) in [5.41, 5.74) is 1.17. The van der Waals surface area contributed by atoms with E-state index in [2.05, 4.69) is 22.4 Å². The zero-order chi connectivity index (χ0) is 20.6. The number of hydrogen-bond donors (Lipinski definition) is 1. The topological polar surface area (TPSA) is 68.3 Å². The monoisotopic (exact) mass is 412 g/mol. The van der Waals surface area contributed by atoms with E-state index in [4.69, 9.17) is 4.74 Å². The minimum atomic E-state index is -0.503. The van der Waals surface area contributed by atoms with Gasteiger partial charge >= 0.3 is 5.97 Å². The summed E-state index contributed by atoms with van der Waals surface area (Å²) in [7, 11) is 0. The Morgan fingerprint density at radius 2 is 1.86 bits per heavy atom. The van der Waals surface area contributed by atoms with Crippen LogP contribution in [0.2, 0.25) is 0 Å². The fourth-order valence-corrected chi connectivity index (χ4v) is 5.64. The average molecular weight is 413 g/mol. The van der Waals surface area contributed by atoms with Gasteiger partial charge in [-0.2, -0.15) is 0 Å². The van der Waals surface area contributed by atoms with Crippen molar-refractivity contribution in [2.24, 2.45) is 11.8 Å². The number of carbonyl (C=O) groups excluding carboxylic acids is 2. The van der Waals surface area contributed by atoms with Gasteiger partial charge in [0.05, 0.1) is 10.9 Å². The maximum atomic E-state index is 12.8. The third-order valence-electron chi connectivity index (χ3n) is 6.37. The minimum Gasteiger partial charge on any atom is -0.459 e. The zero-order valence-electron chi connectivity index (χ0n) is 17.2. The number of rotatable bonds is 4. The summed E-state index contributed by atoms with van der Waals surface area (Å²) in [6.45, 7) is 5.94. The Balaban J connectivity index is 1.43. The van der Waals surface area contributed by atoms with Crippen LogP contribution in [0.15, 0.2) is 35.7 Å². The SMILES string of the molecule is Cc1nc(C(=O)NC2CCC(C3C(=O)OC(C)(C)[C@@H]3c3ccccc3)CC2)cs1. The van der Waals surface area contributed by atoms with Crippen molar-refractivity contribution in [3.63, 3.8) is 0 Å². The van der Waals surface area contributed by atoms with E-state index in [1.54, 1.807) is 5.38 Å². The molecule has 1 saturated heterocycles. The summed E-state index contributed by atoms with van der Waals surface area (Å²) in [5.74, 6) is 0.0513. The fourth-order valence-electron chi connectivity index (χ4n) is 5.04. The predicted octanol–water partition coefficient (Wildman–Crippen LogP) is 4.48. The second-order valence-electron chi connectivity index (χ2n) is 8.78. The van der Waals surface area contributed by atoms with Gasteiger partial charge in [0.25, 0.3) is 5.91 Å². The maximum absolute atomic E-state index is 12.8. The molecule has 2 atom stereocenters. The summed E-state index contributed by atoms with van der Waals surface area (Å²) < 4.78 is 5.82. The van der Waals surface area contributed by atoms with E-state index in [0.717, 1.165) is 30.7 Å². The molecule has 0 spiro atoms. The first-order valence-corrected chi connectivity index (χ1v) is 11.2. The Hall–Kier alpha value is -2.21. The molecule has 1 N–H and O–H groups in total. The molecular formula is C23H28N2O3S. The first kappa shape index (κ1) is 20.1. The molecular weight excluding hydrogens is 384 g/mol. The van der Waals surface area contributed by atoms with Crippen molar-refractivity contribution in [2.45, 2.75) is 64.0 Å². The molecule has 5 nitrogen and oxygen atoms in total. The number of cyclic esters (lactones) is 1. The molecule has 1 unspecified atom stereocenters. The van der Waals surface area contributed by atoms with Gasteiger partial charge in [-0.3, -0.25) is 9.59 Å². The molecule has 154 valence electrons. The Morgan fingerprint density at radius 3 is 2.48 bits per heavy atom. The van der Waals surface area contributed by atoms with Gasteiger partial charge in [-0.15, -0.1) is 11.3 Å². The van der Waals surface area contributed by atoms with Crippen LogP contribution in [-0.4, -0.2) is 28.5 Å². The average Bonchev–Trinajstić information content (AvgIpc) is 3.23. The van der Waals surface area contributed by atoms with Gasteiger partial charge in [0, 0.05) is 17.3 Å². The zero-order valence-corrected chi connectivity index (χ0v) is 18.0. The number of benzene rings is 1. The number of amides is 1. The first-order chi connectivity index (χ1) is 13.8. The molecule has 2 aliphatic rings. The molecule has 1 saturated carbocycles. The van der Waals surface area contributed by atoms with Gasteiger partial charge in [-0.05, 0) is 57.9 Å². The molecule has 1 aliphatic heterocycles. The van der Waals surface area contributed by atoms with Crippen LogP contribution in [0.25, 0.3) is 0 Å². The molecule has 2 aromatic rings. The first-order valence-electron chi connectivity index (χ1n) is 10.4. The third-order valence-corrected chi connectivity index (χ3v) is 7.14. The van der Waals surface area contributed by atoms with E-state index in [0.29, 0.717) is 5.69 Å². The molecule has 29 heavy (non-hydrogen) atoms. The van der Waals surface area contributed by atoms with Crippen LogP contribution in [0.1, 0.15) is 66.5 Å². The molecule has 1 amide bonds. The van der Waals surface area contributed by atoms with E-state index >= 15 is 0 Å². The molecule has 0 radical (unpaired) electrons. The van der Waals surface area contributed by atoms with Crippen LogP contribution in [0, 0.1) is 18.8 Å². The predicted molar refractivity (Wildman–Crippen MR) is 113 cm³/mol. The molecule has 1 aliphatic carbocycles. The lowest BCUT2D eigenvalue weighted by molar-refractivity contribution is -0.149. The lowest BCUT2D eigenvalue weighted by Gasteiger charge is -2.35. The summed E-state index contributed by atoms with van der Waals surface area (Å²) in [6.07, 6.45) is 3.59. The van der Waals surface area contributed by atoms with E-state index in [1.807, 2.05) is 39.0 Å². The number of ether oxygens (including phenoxy) is 1. The summed E-state index contributed by atoms with van der Waals surface area (Å²) in [6, 6.07) is 10.4. The highest BCUT2D eigenvalue weighted by Gasteiger charge is 2.53. The van der Waals surface area contributed by atoms with Crippen molar-refractivity contribution >= 4 is 23.2 Å². The molecule has 2 heterocycles. The lowest BCUT2D eigenvalue weighted by atomic mass is 9.68. The Bertz CT molecular complexity index is 885. The van der Waals surface area contributed by atoms with E-state index in [9.17, 15) is 9.59 Å². The summed E-state index contributed by atoms with van der Waals surface area (Å²) in [5, 5.41) is 5.82.